The van der Waals surface area contributed by atoms with Crippen molar-refractivity contribution in [2.24, 2.45) is 0 Å². The molecule has 4 aromatic rings. The van der Waals surface area contributed by atoms with E-state index in [1.807, 2.05) is 57.4 Å². The highest BCUT2D eigenvalue weighted by molar-refractivity contribution is 7.19. The van der Waals surface area contributed by atoms with Gasteiger partial charge in [-0.25, -0.2) is 0 Å². The fourth-order valence-corrected chi connectivity index (χ4v) is 3.54. The molecule has 0 unspecified atom stereocenters. The zero-order chi connectivity index (χ0) is 18.1. The zero-order valence-corrected chi connectivity index (χ0v) is 15.7. The third kappa shape index (κ3) is 3.01. The van der Waals surface area contributed by atoms with Crippen LogP contribution in [-0.2, 0) is 0 Å². The summed E-state index contributed by atoms with van der Waals surface area (Å²) in [5.74, 6) is 1.59. The Labute approximate surface area is 155 Å². The molecule has 2 aromatic heterocycles. The summed E-state index contributed by atoms with van der Waals surface area (Å²) in [6, 6.07) is 16.2. The summed E-state index contributed by atoms with van der Waals surface area (Å²) in [6.07, 6.45) is 0. The molecule has 0 aliphatic carbocycles. The SMILES string of the molecule is CCOc1cccc(-c2nn3c(-c4ccc(N(C)C)cc4)nnc3s2)c1. The predicted octanol–water partition coefficient (Wildman–Crippen LogP) is 3.98. The van der Waals surface area contributed by atoms with Gasteiger partial charge in [-0.2, -0.15) is 9.61 Å². The average Bonchev–Trinajstić information content (AvgIpc) is 3.23. The summed E-state index contributed by atoms with van der Waals surface area (Å²) in [4.78, 5) is 2.84. The first-order chi connectivity index (χ1) is 12.7. The molecule has 0 bridgehead atoms. The second kappa shape index (κ2) is 6.76. The summed E-state index contributed by atoms with van der Waals surface area (Å²) >= 11 is 1.52. The van der Waals surface area contributed by atoms with Crippen molar-refractivity contribution >= 4 is 22.0 Å². The van der Waals surface area contributed by atoms with Gasteiger partial charge in [-0.1, -0.05) is 23.5 Å². The second-order valence-electron chi connectivity index (χ2n) is 6.03. The molecule has 26 heavy (non-hydrogen) atoms. The standard InChI is InChI=1S/C19H19N5OS/c1-4-25-16-7-5-6-14(12-16)18-22-24-17(20-21-19(24)26-18)13-8-10-15(11-9-13)23(2)3/h5-12H,4H2,1-3H3. The Morgan fingerprint density at radius 2 is 1.85 bits per heavy atom. The number of ether oxygens (including phenoxy) is 1. The molecule has 0 atom stereocenters. The fraction of sp³-hybridized carbons (Fsp3) is 0.211. The van der Waals surface area contributed by atoms with Gasteiger partial charge in [-0.15, -0.1) is 10.2 Å². The van der Waals surface area contributed by atoms with Crippen LogP contribution in [0.1, 0.15) is 6.92 Å². The summed E-state index contributed by atoms with van der Waals surface area (Å²) in [5, 5.41) is 14.2. The van der Waals surface area contributed by atoms with E-state index in [2.05, 4.69) is 27.2 Å². The largest absolute Gasteiger partial charge is 0.494 e. The lowest BCUT2D eigenvalue weighted by molar-refractivity contribution is 0.340. The van der Waals surface area contributed by atoms with Gasteiger partial charge >= 0.3 is 0 Å². The van der Waals surface area contributed by atoms with E-state index >= 15 is 0 Å². The number of hydrogen-bond acceptors (Lipinski definition) is 6. The van der Waals surface area contributed by atoms with E-state index in [1.54, 1.807) is 4.52 Å². The molecule has 0 aliphatic heterocycles. The molecule has 7 heteroatoms. The van der Waals surface area contributed by atoms with Gasteiger partial charge in [0.15, 0.2) is 5.82 Å². The van der Waals surface area contributed by atoms with Crippen LogP contribution >= 0.6 is 11.3 Å². The van der Waals surface area contributed by atoms with Crippen molar-refractivity contribution in [1.29, 1.82) is 0 Å². The molecule has 0 spiro atoms. The first kappa shape index (κ1) is 16.5. The fourth-order valence-electron chi connectivity index (χ4n) is 2.71. The molecule has 0 radical (unpaired) electrons. The minimum Gasteiger partial charge on any atom is -0.494 e. The Morgan fingerprint density at radius 1 is 1.04 bits per heavy atom. The van der Waals surface area contributed by atoms with E-state index in [4.69, 9.17) is 9.84 Å². The van der Waals surface area contributed by atoms with Crippen molar-refractivity contribution in [3.05, 3.63) is 48.5 Å². The molecule has 0 saturated heterocycles. The maximum absolute atomic E-state index is 5.59. The van der Waals surface area contributed by atoms with Gasteiger partial charge in [0.1, 0.15) is 10.8 Å². The van der Waals surface area contributed by atoms with Crippen molar-refractivity contribution in [3.8, 4) is 27.7 Å². The average molecular weight is 365 g/mol. The van der Waals surface area contributed by atoms with Crippen LogP contribution in [0.25, 0.3) is 26.9 Å². The molecule has 0 N–H and O–H groups in total. The van der Waals surface area contributed by atoms with Crippen LogP contribution in [-0.4, -0.2) is 40.5 Å². The van der Waals surface area contributed by atoms with Gasteiger partial charge in [0.05, 0.1) is 6.61 Å². The van der Waals surface area contributed by atoms with Gasteiger partial charge in [-0.3, -0.25) is 0 Å². The van der Waals surface area contributed by atoms with Crippen LogP contribution in [0.3, 0.4) is 0 Å². The molecule has 0 saturated carbocycles. The number of rotatable bonds is 5. The maximum Gasteiger partial charge on any atom is 0.235 e. The zero-order valence-electron chi connectivity index (χ0n) is 14.9. The smallest absolute Gasteiger partial charge is 0.235 e. The molecule has 2 heterocycles. The topological polar surface area (TPSA) is 55.6 Å². The third-order valence-corrected chi connectivity index (χ3v) is 4.97. The summed E-state index contributed by atoms with van der Waals surface area (Å²) in [5.41, 5.74) is 3.14. The Kier molecular flexibility index (Phi) is 4.30. The van der Waals surface area contributed by atoms with Gasteiger partial charge in [0.2, 0.25) is 4.96 Å². The number of anilines is 1. The molecule has 2 aromatic carbocycles. The predicted molar refractivity (Wildman–Crippen MR) is 105 cm³/mol. The van der Waals surface area contributed by atoms with E-state index in [-0.39, 0.29) is 0 Å². The number of benzene rings is 2. The van der Waals surface area contributed by atoms with Crippen LogP contribution < -0.4 is 9.64 Å². The lowest BCUT2D eigenvalue weighted by Gasteiger charge is -2.12. The number of hydrogen-bond donors (Lipinski definition) is 0. The monoisotopic (exact) mass is 365 g/mol. The van der Waals surface area contributed by atoms with Crippen molar-refractivity contribution in [2.75, 3.05) is 25.6 Å². The number of fused-ring (bicyclic) bond motifs is 1. The Bertz CT molecular complexity index is 1040. The van der Waals surface area contributed by atoms with Gasteiger partial charge < -0.3 is 9.64 Å². The van der Waals surface area contributed by atoms with Crippen molar-refractivity contribution < 1.29 is 4.74 Å². The van der Waals surface area contributed by atoms with Gasteiger partial charge in [0, 0.05) is 30.9 Å². The highest BCUT2D eigenvalue weighted by Crippen LogP contribution is 2.30. The first-order valence-electron chi connectivity index (χ1n) is 8.39. The van der Waals surface area contributed by atoms with Gasteiger partial charge in [-0.05, 0) is 43.3 Å². The molecule has 0 fully saturated rings. The quantitative estimate of drug-likeness (QED) is 0.535. The molecular formula is C19H19N5OS. The minimum atomic E-state index is 0.641. The summed E-state index contributed by atoms with van der Waals surface area (Å²) in [6.45, 7) is 2.62. The van der Waals surface area contributed by atoms with Crippen molar-refractivity contribution in [2.45, 2.75) is 6.92 Å². The van der Waals surface area contributed by atoms with Crippen LogP contribution in [0.2, 0.25) is 0 Å². The summed E-state index contributed by atoms with van der Waals surface area (Å²) in [7, 11) is 4.04. The summed E-state index contributed by atoms with van der Waals surface area (Å²) < 4.78 is 7.39. The molecule has 0 amide bonds. The Balaban J connectivity index is 1.72. The lowest BCUT2D eigenvalue weighted by atomic mass is 10.2. The molecule has 0 aliphatic rings. The van der Waals surface area contributed by atoms with Crippen LogP contribution in [0.15, 0.2) is 48.5 Å². The van der Waals surface area contributed by atoms with Crippen LogP contribution in [0.4, 0.5) is 5.69 Å². The molecule has 132 valence electrons. The maximum atomic E-state index is 5.59. The van der Waals surface area contributed by atoms with Crippen LogP contribution in [0.5, 0.6) is 5.75 Å². The van der Waals surface area contributed by atoms with Crippen molar-refractivity contribution in [1.82, 2.24) is 19.8 Å². The van der Waals surface area contributed by atoms with Crippen molar-refractivity contribution in [3.63, 3.8) is 0 Å². The highest BCUT2D eigenvalue weighted by Gasteiger charge is 2.15. The molecule has 4 rings (SSSR count). The highest BCUT2D eigenvalue weighted by atomic mass is 32.1. The minimum absolute atomic E-state index is 0.641. The van der Waals surface area contributed by atoms with E-state index in [1.165, 1.54) is 11.3 Å². The third-order valence-electron chi connectivity index (χ3n) is 4.02. The lowest BCUT2D eigenvalue weighted by Crippen LogP contribution is -2.08. The molecule has 6 nitrogen and oxygen atoms in total. The van der Waals surface area contributed by atoms with E-state index in [9.17, 15) is 0 Å². The van der Waals surface area contributed by atoms with E-state index in [0.29, 0.717) is 6.61 Å². The van der Waals surface area contributed by atoms with Gasteiger partial charge in [0.25, 0.3) is 0 Å². The first-order valence-corrected chi connectivity index (χ1v) is 9.20. The Morgan fingerprint density at radius 3 is 2.58 bits per heavy atom. The Hall–Kier alpha value is -2.93. The normalized spacial score (nSPS) is 11.0. The van der Waals surface area contributed by atoms with E-state index in [0.717, 1.165) is 38.4 Å². The second-order valence-corrected chi connectivity index (χ2v) is 6.98. The molecular weight excluding hydrogens is 346 g/mol. The van der Waals surface area contributed by atoms with Crippen LogP contribution in [0, 0.1) is 0 Å². The van der Waals surface area contributed by atoms with E-state index < -0.39 is 0 Å². The number of aromatic nitrogens is 4. The number of nitrogens with zero attached hydrogens (tertiary/aromatic N) is 5.